The minimum absolute atomic E-state index is 0.0289. The first kappa shape index (κ1) is 26.4. The Morgan fingerprint density at radius 2 is 2.06 bits per heavy atom. The van der Waals surface area contributed by atoms with E-state index in [1.54, 1.807) is 24.3 Å². The molecule has 3 aromatic rings. The van der Waals surface area contributed by atoms with Crippen molar-refractivity contribution in [2.24, 2.45) is 16.5 Å². The van der Waals surface area contributed by atoms with E-state index >= 15 is 0 Å². The fourth-order valence-corrected chi connectivity index (χ4v) is 3.49. The van der Waals surface area contributed by atoms with Gasteiger partial charge >= 0.3 is 0 Å². The molecule has 0 radical (unpaired) electrons. The highest BCUT2D eigenvalue weighted by molar-refractivity contribution is 6.32. The Morgan fingerprint density at radius 3 is 2.75 bits per heavy atom. The smallest absolute Gasteiger partial charge is 0.248 e. The Balaban J connectivity index is 1.77. The summed E-state index contributed by atoms with van der Waals surface area (Å²) in [5, 5.41) is 3.17. The molecule has 0 bridgehead atoms. The standard InChI is InChI=1S/C26H25ClFN5O3/c1-3-4-15(2)32-14-18(13-29)33-25(34)11-17-10-20(27)24(12-21(17)28)36-23-7-8-31-22-6-5-16(26(30)35)9-19(22)23/h3,5-10,12-15H,1,4,11,29H2,2H3,(H2,30,35)(H,33,34)/b18-13+,32-14?. The van der Waals surface area contributed by atoms with E-state index in [0.717, 1.165) is 6.07 Å². The summed E-state index contributed by atoms with van der Waals surface area (Å²) in [6.45, 7) is 5.54. The summed E-state index contributed by atoms with van der Waals surface area (Å²) in [6, 6.07) is 8.64. The molecule has 0 fully saturated rings. The number of nitrogens with two attached hydrogens (primary N) is 2. The lowest BCUT2D eigenvalue weighted by atomic mass is 10.1. The molecular weight excluding hydrogens is 485 g/mol. The number of pyridine rings is 1. The van der Waals surface area contributed by atoms with E-state index < -0.39 is 17.6 Å². The number of nitrogens with one attached hydrogen (secondary N) is 1. The van der Waals surface area contributed by atoms with Gasteiger partial charge in [0.1, 0.15) is 17.3 Å². The predicted molar refractivity (Wildman–Crippen MR) is 139 cm³/mol. The summed E-state index contributed by atoms with van der Waals surface area (Å²) in [5.74, 6) is -1.47. The van der Waals surface area contributed by atoms with E-state index in [-0.39, 0.29) is 40.1 Å². The number of fused-ring (bicyclic) bond motifs is 1. The van der Waals surface area contributed by atoms with E-state index in [2.05, 4.69) is 21.9 Å². The third-order valence-electron chi connectivity index (χ3n) is 5.10. The second-order valence-electron chi connectivity index (χ2n) is 7.88. The molecule has 2 amide bonds. The Labute approximate surface area is 212 Å². The molecule has 1 aromatic heterocycles. The van der Waals surface area contributed by atoms with Gasteiger partial charge in [-0.1, -0.05) is 17.7 Å². The van der Waals surface area contributed by atoms with Crippen LogP contribution in [0, 0.1) is 5.82 Å². The van der Waals surface area contributed by atoms with Crippen molar-refractivity contribution < 1.29 is 18.7 Å². The zero-order valence-electron chi connectivity index (χ0n) is 19.5. The van der Waals surface area contributed by atoms with Gasteiger partial charge in [0.2, 0.25) is 11.8 Å². The molecular formula is C26H25ClFN5O3. The van der Waals surface area contributed by atoms with Crippen LogP contribution in [-0.2, 0) is 11.2 Å². The van der Waals surface area contributed by atoms with Gasteiger partial charge in [-0.25, -0.2) is 4.39 Å². The fraction of sp³-hybridized carbons (Fsp3) is 0.154. The van der Waals surface area contributed by atoms with Crippen LogP contribution >= 0.6 is 11.6 Å². The van der Waals surface area contributed by atoms with Crippen LogP contribution in [0.15, 0.2) is 72.1 Å². The zero-order valence-corrected chi connectivity index (χ0v) is 20.3. The second-order valence-corrected chi connectivity index (χ2v) is 8.29. The van der Waals surface area contributed by atoms with Crippen LogP contribution in [0.2, 0.25) is 5.02 Å². The second kappa shape index (κ2) is 11.9. The monoisotopic (exact) mass is 509 g/mol. The first-order chi connectivity index (χ1) is 17.2. The van der Waals surface area contributed by atoms with Crippen LogP contribution in [0.5, 0.6) is 11.5 Å². The highest BCUT2D eigenvalue weighted by atomic mass is 35.5. The van der Waals surface area contributed by atoms with Gasteiger partial charge in [-0.15, -0.1) is 6.58 Å². The van der Waals surface area contributed by atoms with Gasteiger partial charge in [-0.05, 0) is 49.2 Å². The first-order valence-electron chi connectivity index (χ1n) is 10.9. The number of hydrogen-bond acceptors (Lipinski definition) is 6. The third kappa shape index (κ3) is 6.67. The number of ether oxygens (including phenoxy) is 1. The summed E-state index contributed by atoms with van der Waals surface area (Å²) in [4.78, 5) is 32.5. The van der Waals surface area contributed by atoms with E-state index in [4.69, 9.17) is 27.8 Å². The van der Waals surface area contributed by atoms with Gasteiger partial charge in [-0.3, -0.25) is 19.6 Å². The Bertz CT molecular complexity index is 1370. The lowest BCUT2D eigenvalue weighted by molar-refractivity contribution is -0.119. The Hall–Kier alpha value is -4.24. The van der Waals surface area contributed by atoms with Gasteiger partial charge in [0.15, 0.2) is 0 Å². The number of primary amides is 1. The van der Waals surface area contributed by atoms with Crippen molar-refractivity contribution in [2.75, 3.05) is 0 Å². The summed E-state index contributed by atoms with van der Waals surface area (Å²) in [5.41, 5.74) is 12.1. The molecule has 0 saturated heterocycles. The maximum Gasteiger partial charge on any atom is 0.248 e. The van der Waals surface area contributed by atoms with Crippen molar-refractivity contribution in [1.29, 1.82) is 0 Å². The van der Waals surface area contributed by atoms with Crippen LogP contribution < -0.4 is 21.5 Å². The molecule has 36 heavy (non-hydrogen) atoms. The van der Waals surface area contributed by atoms with Crippen LogP contribution in [-0.4, -0.2) is 29.1 Å². The molecule has 1 heterocycles. The minimum Gasteiger partial charge on any atom is -0.455 e. The third-order valence-corrected chi connectivity index (χ3v) is 5.39. The van der Waals surface area contributed by atoms with Crippen molar-refractivity contribution >= 4 is 40.5 Å². The van der Waals surface area contributed by atoms with Crippen molar-refractivity contribution in [3.63, 3.8) is 0 Å². The van der Waals surface area contributed by atoms with Gasteiger partial charge in [-0.2, -0.15) is 0 Å². The summed E-state index contributed by atoms with van der Waals surface area (Å²) >= 11 is 6.34. The maximum absolute atomic E-state index is 14.9. The summed E-state index contributed by atoms with van der Waals surface area (Å²) in [7, 11) is 0. The fourth-order valence-electron chi connectivity index (χ4n) is 3.27. The summed E-state index contributed by atoms with van der Waals surface area (Å²) < 4.78 is 20.7. The van der Waals surface area contributed by atoms with Crippen molar-refractivity contribution in [2.45, 2.75) is 25.8 Å². The molecule has 0 aliphatic rings. The molecule has 0 saturated carbocycles. The lowest BCUT2D eigenvalue weighted by Crippen LogP contribution is -2.26. The molecule has 2 aromatic carbocycles. The number of carbonyl (C=O) groups is 2. The number of benzene rings is 2. The highest BCUT2D eigenvalue weighted by Crippen LogP contribution is 2.35. The Kier molecular flexibility index (Phi) is 8.75. The van der Waals surface area contributed by atoms with Crippen LogP contribution in [0.25, 0.3) is 10.9 Å². The SMILES string of the molecule is C=CCC(C)N=C/C(=C\N)NC(=O)Cc1cc(Cl)c(Oc2ccnc3ccc(C(N)=O)cc23)cc1F. The predicted octanol–water partition coefficient (Wildman–Crippen LogP) is 4.41. The van der Waals surface area contributed by atoms with Gasteiger partial charge in [0.05, 0.1) is 28.7 Å². The van der Waals surface area contributed by atoms with Gasteiger partial charge < -0.3 is 21.5 Å². The topological polar surface area (TPSA) is 133 Å². The van der Waals surface area contributed by atoms with Gasteiger partial charge in [0, 0.05) is 35.6 Å². The molecule has 10 heteroatoms. The average Bonchev–Trinajstić information content (AvgIpc) is 2.84. The summed E-state index contributed by atoms with van der Waals surface area (Å²) in [6.07, 6.45) is 6.26. The number of aliphatic imine (C=N–C) groups is 1. The zero-order chi connectivity index (χ0) is 26.2. The van der Waals surface area contributed by atoms with E-state index in [0.29, 0.717) is 23.1 Å². The number of rotatable bonds is 10. The molecule has 0 spiro atoms. The number of allylic oxidation sites excluding steroid dienone is 1. The van der Waals surface area contributed by atoms with E-state index in [1.165, 1.54) is 30.7 Å². The maximum atomic E-state index is 14.9. The first-order valence-corrected chi connectivity index (χ1v) is 11.3. The number of amides is 2. The van der Waals surface area contributed by atoms with Crippen LogP contribution in [0.1, 0.15) is 29.3 Å². The molecule has 1 atom stereocenters. The molecule has 3 rings (SSSR count). The molecule has 0 aliphatic heterocycles. The van der Waals surface area contributed by atoms with Crippen molar-refractivity contribution in [3.05, 3.63) is 89.1 Å². The van der Waals surface area contributed by atoms with Crippen LogP contribution in [0.4, 0.5) is 4.39 Å². The average molecular weight is 510 g/mol. The number of carbonyl (C=O) groups excluding carboxylic acids is 2. The molecule has 186 valence electrons. The molecule has 0 aliphatic carbocycles. The highest BCUT2D eigenvalue weighted by Gasteiger charge is 2.16. The number of halogens is 2. The van der Waals surface area contributed by atoms with Gasteiger partial charge in [0.25, 0.3) is 0 Å². The number of nitrogens with zero attached hydrogens (tertiary/aromatic N) is 2. The van der Waals surface area contributed by atoms with Crippen molar-refractivity contribution in [3.8, 4) is 11.5 Å². The molecule has 1 unspecified atom stereocenters. The van der Waals surface area contributed by atoms with Crippen LogP contribution in [0.3, 0.4) is 0 Å². The van der Waals surface area contributed by atoms with E-state index in [1.807, 2.05) is 6.92 Å². The number of hydrogen-bond donors (Lipinski definition) is 3. The van der Waals surface area contributed by atoms with E-state index in [9.17, 15) is 14.0 Å². The normalized spacial score (nSPS) is 12.5. The minimum atomic E-state index is -0.688. The molecule has 8 nitrogen and oxygen atoms in total. The number of aromatic nitrogens is 1. The van der Waals surface area contributed by atoms with Crippen molar-refractivity contribution in [1.82, 2.24) is 10.3 Å². The molecule has 5 N–H and O–H groups in total. The Morgan fingerprint density at radius 1 is 1.28 bits per heavy atom. The lowest BCUT2D eigenvalue weighted by Gasteiger charge is -2.13. The largest absolute Gasteiger partial charge is 0.455 e. The quantitative estimate of drug-likeness (QED) is 0.275.